The van der Waals surface area contributed by atoms with E-state index in [1.54, 1.807) is 0 Å². The highest BCUT2D eigenvalue weighted by Crippen LogP contribution is 2.64. The van der Waals surface area contributed by atoms with Crippen LogP contribution in [-0.2, 0) is 11.8 Å². The van der Waals surface area contributed by atoms with E-state index >= 15 is 0 Å². The van der Waals surface area contributed by atoms with Crippen molar-refractivity contribution >= 4 is 65.4 Å². The monoisotopic (exact) mass is 859 g/mol. The second kappa shape index (κ2) is 14.5. The van der Waals surface area contributed by atoms with E-state index < -0.39 is 5.41 Å². The van der Waals surface area contributed by atoms with Gasteiger partial charge in [0, 0.05) is 53.6 Å². The lowest BCUT2D eigenvalue weighted by Gasteiger charge is -2.41. The molecule has 10 aromatic carbocycles. The van der Waals surface area contributed by atoms with Crippen molar-refractivity contribution in [2.45, 2.75) is 18.3 Å². The number of rotatable bonds is 5. The Labute approximate surface area is 388 Å². The number of thiophene rings is 1. The number of benzene rings is 10. The van der Waals surface area contributed by atoms with E-state index in [1.807, 2.05) is 11.3 Å². The van der Waals surface area contributed by atoms with E-state index in [1.165, 1.54) is 98.0 Å². The van der Waals surface area contributed by atoms with Crippen molar-refractivity contribution < 1.29 is 4.74 Å². The molecule has 11 aromatic rings. The van der Waals surface area contributed by atoms with Crippen LogP contribution in [0, 0.1) is 0 Å². The Balaban J connectivity index is 0.925. The fourth-order valence-electron chi connectivity index (χ4n) is 11.4. The molecule has 0 N–H and O–H groups in total. The Morgan fingerprint density at radius 3 is 1.94 bits per heavy atom. The molecule has 66 heavy (non-hydrogen) atoms. The maximum Gasteiger partial charge on any atom is 0.140 e. The molecule has 2 heterocycles. The van der Waals surface area contributed by atoms with Gasteiger partial charge in [-0.15, -0.1) is 11.3 Å². The number of hydrogen-bond donors (Lipinski definition) is 0. The molecule has 0 saturated carbocycles. The van der Waals surface area contributed by atoms with E-state index in [9.17, 15) is 0 Å². The van der Waals surface area contributed by atoms with Crippen molar-refractivity contribution in [2.24, 2.45) is 0 Å². The van der Waals surface area contributed by atoms with Crippen LogP contribution in [-0.4, -0.2) is 0 Å². The highest BCUT2D eigenvalue weighted by molar-refractivity contribution is 7.26. The molecule has 0 amide bonds. The van der Waals surface area contributed by atoms with Crippen LogP contribution in [0.4, 0.5) is 17.1 Å². The third kappa shape index (κ3) is 5.41. The molecule has 0 fully saturated rings. The van der Waals surface area contributed by atoms with Gasteiger partial charge in [-0.1, -0.05) is 176 Å². The topological polar surface area (TPSA) is 12.5 Å². The average molecular weight is 860 g/mol. The molecule has 3 heteroatoms. The van der Waals surface area contributed by atoms with Crippen LogP contribution in [0.5, 0.6) is 11.5 Å². The molecule has 0 bridgehead atoms. The first-order valence-electron chi connectivity index (χ1n) is 23.0. The van der Waals surface area contributed by atoms with Crippen LogP contribution in [0.25, 0.3) is 70.4 Å². The number of allylic oxidation sites excluding steroid dienone is 1. The third-order valence-corrected chi connectivity index (χ3v) is 15.5. The van der Waals surface area contributed by atoms with E-state index in [0.29, 0.717) is 0 Å². The number of fused-ring (bicyclic) bond motifs is 16. The van der Waals surface area contributed by atoms with Crippen molar-refractivity contribution in [3.8, 4) is 44.9 Å². The molecule has 1 spiro atoms. The van der Waals surface area contributed by atoms with Crippen LogP contribution in [0.15, 0.2) is 218 Å². The first-order valence-corrected chi connectivity index (χ1v) is 23.8. The van der Waals surface area contributed by atoms with Gasteiger partial charge in [-0.2, -0.15) is 0 Å². The lowest BCUT2D eigenvalue weighted by Crippen LogP contribution is -2.32. The third-order valence-electron chi connectivity index (χ3n) is 14.4. The number of anilines is 3. The average Bonchev–Trinajstić information content (AvgIpc) is 3.91. The maximum atomic E-state index is 7.20. The molecule has 3 aliphatic rings. The Hall–Kier alpha value is -7.98. The van der Waals surface area contributed by atoms with E-state index in [2.05, 4.69) is 229 Å². The summed E-state index contributed by atoms with van der Waals surface area (Å²) >= 11 is 1.86. The highest BCUT2D eigenvalue weighted by Gasteiger charge is 2.52. The molecule has 310 valence electrons. The quantitative estimate of drug-likeness (QED) is 0.171. The molecule has 0 radical (unpaired) electrons. The Kier molecular flexibility index (Phi) is 8.23. The molecule has 2 nitrogen and oxygen atoms in total. The Morgan fingerprint density at radius 1 is 0.455 bits per heavy atom. The molecule has 1 aliphatic heterocycles. The fourth-order valence-corrected chi connectivity index (χ4v) is 12.6. The van der Waals surface area contributed by atoms with Crippen molar-refractivity contribution in [1.82, 2.24) is 0 Å². The van der Waals surface area contributed by atoms with Gasteiger partial charge in [0.25, 0.3) is 0 Å². The molecular weight excluding hydrogens is 819 g/mol. The highest BCUT2D eigenvalue weighted by atomic mass is 32.1. The summed E-state index contributed by atoms with van der Waals surface area (Å²) in [7, 11) is 0. The summed E-state index contributed by atoms with van der Waals surface area (Å²) in [5.41, 5.74) is 17.7. The van der Waals surface area contributed by atoms with Gasteiger partial charge in [0.2, 0.25) is 0 Å². The number of hydrogen-bond acceptors (Lipinski definition) is 3. The smallest absolute Gasteiger partial charge is 0.140 e. The summed E-state index contributed by atoms with van der Waals surface area (Å²) in [6.45, 7) is 0. The SMILES string of the molecule is C1=Cc2c(ccc3c2Oc2c(ccc4ccccc24)C32c3ccccc3-c3cc(-c4ccc(N(c5ccc(-c6ccccc6)cc5)c5cccc6sc7ccccc7c56)cc4)ccc32)CC1. The zero-order valence-electron chi connectivity index (χ0n) is 36.0. The van der Waals surface area contributed by atoms with Crippen molar-refractivity contribution in [2.75, 3.05) is 4.90 Å². The fraction of sp³-hybridized carbons (Fsp3) is 0.0476. The number of aryl methyl sites for hydroxylation is 1. The van der Waals surface area contributed by atoms with Crippen LogP contribution in [0.1, 0.15) is 39.8 Å². The predicted molar refractivity (Wildman–Crippen MR) is 277 cm³/mol. The number of ether oxygens (including phenoxy) is 1. The van der Waals surface area contributed by atoms with Crippen LogP contribution in [0.2, 0.25) is 0 Å². The van der Waals surface area contributed by atoms with Crippen molar-refractivity contribution in [3.63, 3.8) is 0 Å². The van der Waals surface area contributed by atoms with Crippen molar-refractivity contribution in [3.05, 3.63) is 252 Å². The van der Waals surface area contributed by atoms with Crippen LogP contribution >= 0.6 is 11.3 Å². The first kappa shape index (κ1) is 37.4. The van der Waals surface area contributed by atoms with Gasteiger partial charge in [0.15, 0.2) is 0 Å². The maximum absolute atomic E-state index is 7.20. The number of nitrogens with zero attached hydrogens (tertiary/aromatic N) is 1. The zero-order valence-corrected chi connectivity index (χ0v) is 36.9. The van der Waals surface area contributed by atoms with Gasteiger partial charge < -0.3 is 9.64 Å². The second-order valence-corrected chi connectivity index (χ2v) is 18.9. The molecule has 1 aromatic heterocycles. The van der Waals surface area contributed by atoms with Crippen LogP contribution in [0.3, 0.4) is 0 Å². The van der Waals surface area contributed by atoms with Gasteiger partial charge in [0.1, 0.15) is 11.5 Å². The standard InChI is InChI=1S/C63H41NOS/c1-2-13-40(14-3-1)41-25-32-46(33-26-41)64(57-22-12-24-59-60(57)51-20-9-11-23-58(51)66-59)47-34-27-42(28-35-47)45-31-36-54-52(39-45)50-19-8-10-21-53(50)63(54)55-37-29-43-15-4-6-17-48(43)61(55)65-62-49-18-7-5-16-44(49)30-38-56(62)63/h1-4,6-15,17-39H,5,16H2. The summed E-state index contributed by atoms with van der Waals surface area (Å²) in [5, 5.41) is 4.89. The summed E-state index contributed by atoms with van der Waals surface area (Å²) < 4.78 is 9.79. The Morgan fingerprint density at radius 2 is 1.09 bits per heavy atom. The molecule has 1 unspecified atom stereocenters. The second-order valence-electron chi connectivity index (χ2n) is 17.8. The summed E-state index contributed by atoms with van der Waals surface area (Å²) in [4.78, 5) is 2.43. The molecule has 1 atom stereocenters. The minimum atomic E-state index is -0.551. The summed E-state index contributed by atoms with van der Waals surface area (Å²) in [6, 6.07) is 78.6. The molecule has 0 saturated heterocycles. The normalized spacial score (nSPS) is 15.3. The van der Waals surface area contributed by atoms with Crippen molar-refractivity contribution in [1.29, 1.82) is 0 Å². The molecule has 14 rings (SSSR count). The first-order chi connectivity index (χ1) is 32.7. The summed E-state index contributed by atoms with van der Waals surface area (Å²) in [6.07, 6.45) is 6.66. The van der Waals surface area contributed by atoms with E-state index in [0.717, 1.165) is 41.1 Å². The van der Waals surface area contributed by atoms with Gasteiger partial charge in [-0.25, -0.2) is 0 Å². The van der Waals surface area contributed by atoms with E-state index in [-0.39, 0.29) is 0 Å². The van der Waals surface area contributed by atoms with E-state index in [4.69, 9.17) is 4.74 Å². The minimum absolute atomic E-state index is 0.551. The minimum Gasteiger partial charge on any atom is -0.455 e. The zero-order chi connectivity index (χ0) is 43.3. The molecule has 2 aliphatic carbocycles. The lowest BCUT2D eigenvalue weighted by atomic mass is 9.65. The van der Waals surface area contributed by atoms with Gasteiger partial charge in [-0.05, 0) is 117 Å². The van der Waals surface area contributed by atoms with Gasteiger partial charge in [0.05, 0.1) is 11.1 Å². The van der Waals surface area contributed by atoms with Crippen LogP contribution < -0.4 is 9.64 Å². The Bertz CT molecular complexity index is 3790. The summed E-state index contributed by atoms with van der Waals surface area (Å²) in [5.74, 6) is 1.95. The largest absolute Gasteiger partial charge is 0.455 e. The van der Waals surface area contributed by atoms with Gasteiger partial charge >= 0.3 is 0 Å². The lowest BCUT2D eigenvalue weighted by molar-refractivity contribution is 0.439. The van der Waals surface area contributed by atoms with Gasteiger partial charge in [-0.3, -0.25) is 0 Å². The predicted octanol–water partition coefficient (Wildman–Crippen LogP) is 17.4. The molecular formula is C63H41NOS.